The van der Waals surface area contributed by atoms with E-state index in [-0.39, 0.29) is 18.4 Å². The molecule has 2 aromatic carbocycles. The molecule has 0 spiro atoms. The maximum absolute atomic E-state index is 14.2. The van der Waals surface area contributed by atoms with Gasteiger partial charge in [-0.15, -0.1) is 0 Å². The zero-order valence-corrected chi connectivity index (χ0v) is 11.6. The number of benzene rings is 2. The average Bonchev–Trinajstić information content (AvgIpc) is 2.75. The van der Waals surface area contributed by atoms with Crippen molar-refractivity contribution in [3.05, 3.63) is 71.3 Å². The predicted octanol–water partition coefficient (Wildman–Crippen LogP) is 3.48. The summed E-state index contributed by atoms with van der Waals surface area (Å²) in [6, 6.07) is 12.6. The molecule has 108 valence electrons. The van der Waals surface area contributed by atoms with Crippen molar-refractivity contribution in [2.45, 2.75) is 24.8 Å². The maximum Gasteiger partial charge on any atom is 0.221 e. The van der Waals surface area contributed by atoms with Gasteiger partial charge in [-0.3, -0.25) is 4.79 Å². The van der Waals surface area contributed by atoms with Gasteiger partial charge in [0.25, 0.3) is 0 Å². The van der Waals surface area contributed by atoms with Crippen LogP contribution in [-0.2, 0) is 10.2 Å². The van der Waals surface area contributed by atoms with Gasteiger partial charge in [0, 0.05) is 17.9 Å². The van der Waals surface area contributed by atoms with Gasteiger partial charge in [-0.05, 0) is 17.2 Å². The maximum atomic E-state index is 14.2. The minimum Gasteiger partial charge on any atom is -0.348 e. The minimum atomic E-state index is -0.740. The number of rotatable bonds is 2. The molecule has 0 aliphatic carbocycles. The Morgan fingerprint density at radius 1 is 1.14 bits per heavy atom. The highest BCUT2D eigenvalue weighted by atomic mass is 19.1. The molecule has 21 heavy (non-hydrogen) atoms. The summed E-state index contributed by atoms with van der Waals surface area (Å²) in [5, 5.41) is 2.90. The van der Waals surface area contributed by atoms with Crippen molar-refractivity contribution in [1.29, 1.82) is 0 Å². The van der Waals surface area contributed by atoms with Crippen LogP contribution in [0.25, 0.3) is 0 Å². The largest absolute Gasteiger partial charge is 0.348 e. The van der Waals surface area contributed by atoms with Crippen LogP contribution in [0.4, 0.5) is 8.78 Å². The van der Waals surface area contributed by atoms with Crippen molar-refractivity contribution >= 4 is 5.91 Å². The summed E-state index contributed by atoms with van der Waals surface area (Å²) < 4.78 is 27.3. The van der Waals surface area contributed by atoms with Crippen LogP contribution < -0.4 is 5.32 Å². The summed E-state index contributed by atoms with van der Waals surface area (Å²) >= 11 is 0. The first-order valence-electron chi connectivity index (χ1n) is 6.80. The van der Waals surface area contributed by atoms with Crippen LogP contribution >= 0.6 is 0 Å². The van der Waals surface area contributed by atoms with Crippen LogP contribution in [-0.4, -0.2) is 5.91 Å². The topological polar surface area (TPSA) is 29.1 Å². The molecule has 1 N–H and O–H groups in total. The van der Waals surface area contributed by atoms with Crippen LogP contribution in [0.3, 0.4) is 0 Å². The fourth-order valence-corrected chi connectivity index (χ4v) is 3.11. The lowest BCUT2D eigenvalue weighted by Crippen LogP contribution is -2.31. The molecule has 1 aliphatic rings. The molecule has 1 aliphatic heterocycles. The molecule has 1 heterocycles. The third-order valence-electron chi connectivity index (χ3n) is 4.15. The van der Waals surface area contributed by atoms with Gasteiger partial charge in [-0.1, -0.05) is 43.3 Å². The van der Waals surface area contributed by atoms with Gasteiger partial charge >= 0.3 is 0 Å². The van der Waals surface area contributed by atoms with Crippen molar-refractivity contribution < 1.29 is 13.6 Å². The Bertz CT molecular complexity index is 686. The third-order valence-corrected chi connectivity index (χ3v) is 4.15. The molecule has 2 atom stereocenters. The first-order valence-corrected chi connectivity index (χ1v) is 6.80. The van der Waals surface area contributed by atoms with Crippen molar-refractivity contribution in [3.8, 4) is 0 Å². The Morgan fingerprint density at radius 2 is 1.86 bits per heavy atom. The summed E-state index contributed by atoms with van der Waals surface area (Å²) in [5.74, 6) is -1.36. The van der Waals surface area contributed by atoms with Crippen LogP contribution in [0.2, 0.25) is 0 Å². The molecule has 2 nitrogen and oxygen atoms in total. The van der Waals surface area contributed by atoms with Gasteiger partial charge < -0.3 is 5.32 Å². The van der Waals surface area contributed by atoms with E-state index in [0.717, 1.165) is 11.6 Å². The molecule has 2 aromatic rings. The lowest BCUT2D eigenvalue weighted by atomic mass is 9.73. The number of halogens is 2. The van der Waals surface area contributed by atoms with Crippen LogP contribution in [0.1, 0.15) is 30.5 Å². The molecule has 1 fully saturated rings. The van der Waals surface area contributed by atoms with Crippen LogP contribution in [0.15, 0.2) is 48.5 Å². The second-order valence-electron chi connectivity index (χ2n) is 5.63. The van der Waals surface area contributed by atoms with E-state index in [0.29, 0.717) is 5.56 Å². The van der Waals surface area contributed by atoms with E-state index in [2.05, 4.69) is 5.32 Å². The van der Waals surface area contributed by atoms with Gasteiger partial charge in [0.05, 0.1) is 6.04 Å². The molecule has 0 radical (unpaired) electrons. The highest BCUT2D eigenvalue weighted by molar-refractivity contribution is 5.82. The Morgan fingerprint density at radius 3 is 2.52 bits per heavy atom. The number of carbonyl (C=O) groups is 1. The quantitative estimate of drug-likeness (QED) is 0.900. The summed E-state index contributed by atoms with van der Waals surface area (Å²) in [7, 11) is 0. The van der Waals surface area contributed by atoms with Gasteiger partial charge in [0.2, 0.25) is 5.91 Å². The summed E-state index contributed by atoms with van der Waals surface area (Å²) in [5.41, 5.74) is 0.529. The molecular weight excluding hydrogens is 272 g/mol. The highest BCUT2D eigenvalue weighted by Gasteiger charge is 2.46. The second-order valence-corrected chi connectivity index (χ2v) is 5.63. The monoisotopic (exact) mass is 287 g/mol. The van der Waals surface area contributed by atoms with E-state index >= 15 is 0 Å². The van der Waals surface area contributed by atoms with Crippen molar-refractivity contribution in [2.24, 2.45) is 0 Å². The Kier molecular flexibility index (Phi) is 3.24. The van der Waals surface area contributed by atoms with E-state index in [1.165, 1.54) is 12.1 Å². The molecule has 4 heteroatoms. The number of nitrogens with one attached hydrogen (secondary N) is 1. The third kappa shape index (κ3) is 2.31. The second kappa shape index (κ2) is 4.95. The Labute approximate surface area is 121 Å². The van der Waals surface area contributed by atoms with Gasteiger partial charge in [0.1, 0.15) is 11.6 Å². The number of hydrogen-bond donors (Lipinski definition) is 1. The normalized spacial score (nSPS) is 24.9. The number of carbonyl (C=O) groups excluding carboxylic acids is 1. The molecule has 1 saturated heterocycles. The molecule has 2 unspecified atom stereocenters. The smallest absolute Gasteiger partial charge is 0.221 e. The van der Waals surface area contributed by atoms with E-state index in [9.17, 15) is 13.6 Å². The first kappa shape index (κ1) is 13.7. The van der Waals surface area contributed by atoms with Gasteiger partial charge in [0.15, 0.2) is 0 Å². The van der Waals surface area contributed by atoms with E-state index < -0.39 is 17.0 Å². The highest BCUT2D eigenvalue weighted by Crippen LogP contribution is 2.45. The molecule has 0 bridgehead atoms. The van der Waals surface area contributed by atoms with E-state index in [4.69, 9.17) is 0 Å². The lowest BCUT2D eigenvalue weighted by molar-refractivity contribution is -0.119. The van der Waals surface area contributed by atoms with Crippen LogP contribution in [0.5, 0.6) is 0 Å². The SMILES string of the molecule is CC1(c2ccc(F)cc2F)CC(=O)NC1c1ccccc1. The number of amides is 1. The van der Waals surface area contributed by atoms with E-state index in [1.807, 2.05) is 37.3 Å². The average molecular weight is 287 g/mol. The predicted molar refractivity (Wildman–Crippen MR) is 75.7 cm³/mol. The molecular formula is C17H15F2NO. The Hall–Kier alpha value is -2.23. The van der Waals surface area contributed by atoms with Gasteiger partial charge in [-0.25, -0.2) is 8.78 Å². The fourth-order valence-electron chi connectivity index (χ4n) is 3.11. The van der Waals surface area contributed by atoms with Gasteiger partial charge in [-0.2, -0.15) is 0 Å². The zero-order chi connectivity index (χ0) is 15.0. The van der Waals surface area contributed by atoms with Crippen molar-refractivity contribution in [3.63, 3.8) is 0 Å². The molecule has 1 amide bonds. The summed E-state index contributed by atoms with van der Waals surface area (Å²) in [4.78, 5) is 11.9. The number of hydrogen-bond acceptors (Lipinski definition) is 1. The first-order chi connectivity index (χ1) is 10.0. The molecule has 0 saturated carbocycles. The van der Waals surface area contributed by atoms with Crippen molar-refractivity contribution in [2.75, 3.05) is 0 Å². The van der Waals surface area contributed by atoms with E-state index in [1.54, 1.807) is 0 Å². The Balaban J connectivity index is 2.10. The fraction of sp³-hybridized carbons (Fsp3) is 0.235. The summed E-state index contributed by atoms with van der Waals surface area (Å²) in [6.45, 7) is 1.83. The van der Waals surface area contributed by atoms with Crippen molar-refractivity contribution in [1.82, 2.24) is 5.32 Å². The van der Waals surface area contributed by atoms with Crippen LogP contribution in [0, 0.1) is 11.6 Å². The summed E-state index contributed by atoms with van der Waals surface area (Å²) in [6.07, 6.45) is 0.176. The molecule has 3 rings (SSSR count). The lowest BCUT2D eigenvalue weighted by Gasteiger charge is -2.31. The minimum absolute atomic E-state index is 0.130. The molecule has 0 aromatic heterocycles. The standard InChI is InChI=1S/C17H15F2NO/c1-17(13-8-7-12(18)9-14(13)19)10-15(21)20-16(17)11-5-3-2-4-6-11/h2-9,16H,10H2,1H3,(H,20,21). The zero-order valence-electron chi connectivity index (χ0n) is 11.6.